The lowest BCUT2D eigenvalue weighted by molar-refractivity contribution is 0.899. The Morgan fingerprint density at radius 2 is 1.67 bits per heavy atom. The first-order chi connectivity index (χ1) is 7.08. The lowest BCUT2D eigenvalue weighted by Crippen LogP contribution is -2.09. The highest BCUT2D eigenvalue weighted by molar-refractivity contribution is 7.99. The molecular weight excluding hydrogens is 202 g/mol. The Labute approximate surface area is 97.7 Å². The molecule has 15 heavy (non-hydrogen) atoms. The van der Waals surface area contributed by atoms with Gasteiger partial charge >= 0.3 is 0 Å². The molecule has 1 N–H and O–H groups in total. The molecule has 84 valence electrons. The van der Waals surface area contributed by atoms with Crippen LogP contribution in [-0.4, -0.2) is 11.3 Å². The number of nitrogens with one attached hydrogen (secondary N) is 1. The number of hydrogen-bond donors (Lipinski definition) is 1. The quantitative estimate of drug-likeness (QED) is 0.805. The SMILES string of the molecule is CC(C)Nc1ccc(CSC(C)C)cc1. The molecule has 1 nitrogen and oxygen atoms in total. The predicted molar refractivity (Wildman–Crippen MR) is 71.6 cm³/mol. The van der Waals surface area contributed by atoms with Gasteiger partial charge in [0.25, 0.3) is 0 Å². The Hall–Kier alpha value is -0.630. The lowest BCUT2D eigenvalue weighted by atomic mass is 10.2. The second-order valence-corrected chi connectivity index (χ2v) is 5.92. The Kier molecular flexibility index (Phi) is 5.03. The minimum Gasteiger partial charge on any atom is -0.383 e. The van der Waals surface area contributed by atoms with E-state index in [4.69, 9.17) is 0 Å². The van der Waals surface area contributed by atoms with Gasteiger partial charge in [-0.15, -0.1) is 0 Å². The summed E-state index contributed by atoms with van der Waals surface area (Å²) in [6.45, 7) is 8.78. The van der Waals surface area contributed by atoms with Gasteiger partial charge in [-0.2, -0.15) is 11.8 Å². The maximum absolute atomic E-state index is 3.39. The van der Waals surface area contributed by atoms with E-state index in [1.54, 1.807) is 0 Å². The van der Waals surface area contributed by atoms with E-state index in [9.17, 15) is 0 Å². The molecule has 0 heterocycles. The van der Waals surface area contributed by atoms with Crippen molar-refractivity contribution in [2.45, 2.75) is 44.7 Å². The summed E-state index contributed by atoms with van der Waals surface area (Å²) < 4.78 is 0. The summed E-state index contributed by atoms with van der Waals surface area (Å²) in [5.41, 5.74) is 2.62. The van der Waals surface area contributed by atoms with Crippen LogP contribution in [0.2, 0.25) is 0 Å². The van der Waals surface area contributed by atoms with Crippen molar-refractivity contribution < 1.29 is 0 Å². The molecule has 0 aliphatic rings. The van der Waals surface area contributed by atoms with Crippen LogP contribution >= 0.6 is 11.8 Å². The molecule has 0 fully saturated rings. The molecule has 0 aromatic heterocycles. The highest BCUT2D eigenvalue weighted by Gasteiger charge is 1.98. The van der Waals surface area contributed by atoms with Crippen LogP contribution in [0.15, 0.2) is 24.3 Å². The summed E-state index contributed by atoms with van der Waals surface area (Å²) >= 11 is 1.98. The maximum Gasteiger partial charge on any atom is 0.0342 e. The first kappa shape index (κ1) is 12.4. The van der Waals surface area contributed by atoms with Gasteiger partial charge in [0.1, 0.15) is 0 Å². The highest BCUT2D eigenvalue weighted by Crippen LogP contribution is 2.18. The van der Waals surface area contributed by atoms with Gasteiger partial charge in [0, 0.05) is 17.5 Å². The zero-order valence-electron chi connectivity index (χ0n) is 10.1. The number of hydrogen-bond acceptors (Lipinski definition) is 2. The van der Waals surface area contributed by atoms with Crippen LogP contribution in [0.1, 0.15) is 33.3 Å². The van der Waals surface area contributed by atoms with Crippen molar-refractivity contribution in [3.63, 3.8) is 0 Å². The third-order valence-corrected chi connectivity index (χ3v) is 3.16. The summed E-state index contributed by atoms with van der Waals surface area (Å²) in [7, 11) is 0. The van der Waals surface area contributed by atoms with E-state index in [0.29, 0.717) is 11.3 Å². The smallest absolute Gasteiger partial charge is 0.0342 e. The molecular formula is C13H21NS. The topological polar surface area (TPSA) is 12.0 Å². The summed E-state index contributed by atoms with van der Waals surface area (Å²) in [4.78, 5) is 0. The predicted octanol–water partition coefficient (Wildman–Crippen LogP) is 4.15. The van der Waals surface area contributed by atoms with Crippen molar-refractivity contribution in [3.8, 4) is 0 Å². The maximum atomic E-state index is 3.39. The zero-order valence-corrected chi connectivity index (χ0v) is 10.9. The molecule has 0 aliphatic heterocycles. The third kappa shape index (κ3) is 5.12. The Morgan fingerprint density at radius 3 is 2.13 bits per heavy atom. The standard InChI is InChI=1S/C13H21NS/c1-10(2)14-13-7-5-12(6-8-13)9-15-11(3)4/h5-8,10-11,14H,9H2,1-4H3. The van der Waals surface area contributed by atoms with Gasteiger partial charge in [-0.1, -0.05) is 26.0 Å². The van der Waals surface area contributed by atoms with Crippen molar-refractivity contribution >= 4 is 17.4 Å². The average Bonchev–Trinajstić information content (AvgIpc) is 2.16. The molecule has 0 saturated carbocycles. The largest absolute Gasteiger partial charge is 0.383 e. The summed E-state index contributed by atoms with van der Waals surface area (Å²) in [6, 6.07) is 9.24. The molecule has 0 saturated heterocycles. The minimum atomic E-state index is 0.501. The van der Waals surface area contributed by atoms with E-state index in [2.05, 4.69) is 57.3 Å². The zero-order chi connectivity index (χ0) is 11.3. The number of benzene rings is 1. The molecule has 2 heteroatoms. The van der Waals surface area contributed by atoms with Crippen LogP contribution in [0, 0.1) is 0 Å². The summed E-state index contributed by atoms with van der Waals surface area (Å²) in [6.07, 6.45) is 0. The molecule has 0 bridgehead atoms. The normalized spacial score (nSPS) is 11.1. The minimum absolute atomic E-state index is 0.501. The van der Waals surface area contributed by atoms with Gasteiger partial charge in [0.2, 0.25) is 0 Å². The molecule has 0 amide bonds. The molecule has 0 spiro atoms. The number of anilines is 1. The molecule has 1 aromatic carbocycles. The fraction of sp³-hybridized carbons (Fsp3) is 0.538. The molecule has 0 atom stereocenters. The van der Waals surface area contributed by atoms with Crippen molar-refractivity contribution in [2.75, 3.05) is 5.32 Å². The first-order valence-electron chi connectivity index (χ1n) is 5.55. The van der Waals surface area contributed by atoms with E-state index < -0.39 is 0 Å². The van der Waals surface area contributed by atoms with E-state index in [1.807, 2.05) is 11.8 Å². The lowest BCUT2D eigenvalue weighted by Gasteiger charge is -2.10. The fourth-order valence-corrected chi connectivity index (χ4v) is 2.01. The van der Waals surface area contributed by atoms with Gasteiger partial charge in [-0.05, 0) is 36.8 Å². The van der Waals surface area contributed by atoms with E-state index in [1.165, 1.54) is 11.3 Å². The van der Waals surface area contributed by atoms with Gasteiger partial charge in [-0.3, -0.25) is 0 Å². The monoisotopic (exact) mass is 223 g/mol. The van der Waals surface area contributed by atoms with Crippen molar-refractivity contribution in [1.29, 1.82) is 0 Å². The van der Waals surface area contributed by atoms with E-state index in [0.717, 1.165) is 5.75 Å². The second kappa shape index (κ2) is 6.06. The van der Waals surface area contributed by atoms with Crippen LogP contribution in [0.25, 0.3) is 0 Å². The van der Waals surface area contributed by atoms with Crippen LogP contribution < -0.4 is 5.32 Å². The Bertz CT molecular complexity index is 277. The van der Waals surface area contributed by atoms with Gasteiger partial charge in [0.15, 0.2) is 0 Å². The fourth-order valence-electron chi connectivity index (χ4n) is 1.29. The van der Waals surface area contributed by atoms with Crippen LogP contribution in [0.4, 0.5) is 5.69 Å². The number of rotatable bonds is 5. The summed E-state index contributed by atoms with van der Waals surface area (Å²) in [5.74, 6) is 1.11. The molecule has 1 aromatic rings. The average molecular weight is 223 g/mol. The Morgan fingerprint density at radius 1 is 1.07 bits per heavy atom. The first-order valence-corrected chi connectivity index (χ1v) is 6.60. The van der Waals surface area contributed by atoms with Crippen LogP contribution in [0.5, 0.6) is 0 Å². The molecule has 0 unspecified atom stereocenters. The number of thioether (sulfide) groups is 1. The van der Waals surface area contributed by atoms with Crippen LogP contribution in [-0.2, 0) is 5.75 Å². The van der Waals surface area contributed by atoms with Gasteiger partial charge < -0.3 is 5.32 Å². The second-order valence-electron chi connectivity index (χ2n) is 4.36. The van der Waals surface area contributed by atoms with Crippen molar-refractivity contribution in [3.05, 3.63) is 29.8 Å². The van der Waals surface area contributed by atoms with Crippen LogP contribution in [0.3, 0.4) is 0 Å². The third-order valence-electron chi connectivity index (χ3n) is 1.99. The molecule has 0 aliphatic carbocycles. The molecule has 0 radical (unpaired) electrons. The van der Waals surface area contributed by atoms with Gasteiger partial charge in [0.05, 0.1) is 0 Å². The highest BCUT2D eigenvalue weighted by atomic mass is 32.2. The van der Waals surface area contributed by atoms with Crippen molar-refractivity contribution in [1.82, 2.24) is 0 Å². The summed E-state index contributed by atoms with van der Waals surface area (Å²) in [5, 5.41) is 4.10. The van der Waals surface area contributed by atoms with Gasteiger partial charge in [-0.25, -0.2) is 0 Å². The molecule has 1 rings (SSSR count). The van der Waals surface area contributed by atoms with Crippen molar-refractivity contribution in [2.24, 2.45) is 0 Å². The van der Waals surface area contributed by atoms with E-state index >= 15 is 0 Å². The van der Waals surface area contributed by atoms with E-state index in [-0.39, 0.29) is 0 Å². The Balaban J connectivity index is 2.49.